The Bertz CT molecular complexity index is 778. The summed E-state index contributed by atoms with van der Waals surface area (Å²) in [6.45, 7) is 2.00. The zero-order chi connectivity index (χ0) is 14.8. The average Bonchev–Trinajstić information content (AvgIpc) is 3.12. The number of anilines is 1. The van der Waals surface area contributed by atoms with Crippen LogP contribution < -0.4 is 10.2 Å². The van der Waals surface area contributed by atoms with Gasteiger partial charge in [0.15, 0.2) is 0 Å². The molecule has 8 nitrogen and oxygen atoms in total. The fourth-order valence-corrected chi connectivity index (χ4v) is 2.04. The summed E-state index contributed by atoms with van der Waals surface area (Å²) < 4.78 is 4.88. The second-order valence-electron chi connectivity index (χ2n) is 4.59. The fraction of sp³-hybridized carbons (Fsp3) is 0.231. The Morgan fingerprint density at radius 2 is 2.33 bits per heavy atom. The van der Waals surface area contributed by atoms with Gasteiger partial charge in [0.2, 0.25) is 0 Å². The van der Waals surface area contributed by atoms with E-state index in [2.05, 4.69) is 25.4 Å². The SMILES string of the molecule is Cc1oncc1C(=O)NCN(C)c1ncnc2[nH]ccc12. The molecule has 1 amide bonds. The van der Waals surface area contributed by atoms with Crippen molar-refractivity contribution >= 4 is 22.8 Å². The maximum atomic E-state index is 12.0. The third kappa shape index (κ3) is 2.42. The molecular formula is C13H14N6O2. The van der Waals surface area contributed by atoms with Crippen LogP contribution in [0.25, 0.3) is 11.0 Å². The van der Waals surface area contributed by atoms with Crippen LogP contribution in [0.4, 0.5) is 5.82 Å². The molecule has 3 rings (SSSR count). The van der Waals surface area contributed by atoms with Gasteiger partial charge in [0, 0.05) is 13.2 Å². The molecule has 0 spiro atoms. The van der Waals surface area contributed by atoms with Crippen LogP contribution in [0.3, 0.4) is 0 Å². The molecule has 0 radical (unpaired) electrons. The first-order valence-electron chi connectivity index (χ1n) is 6.35. The molecule has 0 aliphatic heterocycles. The van der Waals surface area contributed by atoms with Crippen molar-refractivity contribution in [2.75, 3.05) is 18.6 Å². The van der Waals surface area contributed by atoms with Crippen molar-refractivity contribution in [3.8, 4) is 0 Å². The lowest BCUT2D eigenvalue weighted by molar-refractivity contribution is 0.0952. The van der Waals surface area contributed by atoms with Gasteiger partial charge < -0.3 is 19.7 Å². The number of hydrogen-bond acceptors (Lipinski definition) is 6. The number of hydrogen-bond donors (Lipinski definition) is 2. The van der Waals surface area contributed by atoms with Crippen molar-refractivity contribution in [3.05, 3.63) is 36.1 Å². The summed E-state index contributed by atoms with van der Waals surface area (Å²) in [6.07, 6.45) is 4.69. The van der Waals surface area contributed by atoms with Gasteiger partial charge in [-0.15, -0.1) is 0 Å². The molecule has 0 atom stereocenters. The van der Waals surface area contributed by atoms with Crippen molar-refractivity contribution in [3.63, 3.8) is 0 Å². The van der Waals surface area contributed by atoms with Gasteiger partial charge in [-0.1, -0.05) is 5.16 Å². The van der Waals surface area contributed by atoms with Gasteiger partial charge in [-0.2, -0.15) is 0 Å². The predicted molar refractivity (Wildman–Crippen MR) is 75.9 cm³/mol. The lowest BCUT2D eigenvalue weighted by Gasteiger charge is -2.19. The van der Waals surface area contributed by atoms with E-state index in [4.69, 9.17) is 4.52 Å². The first-order chi connectivity index (χ1) is 10.2. The maximum Gasteiger partial charge on any atom is 0.257 e. The zero-order valence-electron chi connectivity index (χ0n) is 11.6. The van der Waals surface area contributed by atoms with Crippen molar-refractivity contribution in [1.82, 2.24) is 25.4 Å². The van der Waals surface area contributed by atoms with Crippen LogP contribution in [0.15, 0.2) is 29.3 Å². The Kier molecular flexibility index (Phi) is 3.27. The molecule has 0 aromatic carbocycles. The number of fused-ring (bicyclic) bond motifs is 1. The first-order valence-corrected chi connectivity index (χ1v) is 6.35. The third-order valence-corrected chi connectivity index (χ3v) is 3.17. The van der Waals surface area contributed by atoms with E-state index in [0.29, 0.717) is 18.0 Å². The molecule has 0 fully saturated rings. The second kappa shape index (κ2) is 5.23. The van der Waals surface area contributed by atoms with E-state index < -0.39 is 0 Å². The summed E-state index contributed by atoms with van der Waals surface area (Å²) in [5.74, 6) is 0.994. The third-order valence-electron chi connectivity index (χ3n) is 3.17. The fourth-order valence-electron chi connectivity index (χ4n) is 2.04. The van der Waals surface area contributed by atoms with E-state index in [-0.39, 0.29) is 5.91 Å². The summed E-state index contributed by atoms with van der Waals surface area (Å²) in [5, 5.41) is 7.28. The lowest BCUT2D eigenvalue weighted by Crippen LogP contribution is -2.35. The Morgan fingerprint density at radius 1 is 1.48 bits per heavy atom. The molecule has 0 saturated carbocycles. The molecule has 8 heteroatoms. The number of aromatic amines is 1. The molecule has 3 heterocycles. The van der Waals surface area contributed by atoms with E-state index in [9.17, 15) is 4.79 Å². The molecule has 3 aromatic rings. The van der Waals surface area contributed by atoms with E-state index >= 15 is 0 Å². The van der Waals surface area contributed by atoms with Gasteiger partial charge >= 0.3 is 0 Å². The highest BCUT2D eigenvalue weighted by molar-refractivity contribution is 5.95. The quantitative estimate of drug-likeness (QED) is 0.696. The minimum atomic E-state index is -0.236. The average molecular weight is 286 g/mol. The van der Waals surface area contributed by atoms with Crippen LogP contribution in [-0.2, 0) is 0 Å². The maximum absolute atomic E-state index is 12.0. The van der Waals surface area contributed by atoms with Gasteiger partial charge in [0.1, 0.15) is 29.1 Å². The molecule has 0 unspecified atom stereocenters. The Morgan fingerprint density at radius 3 is 3.10 bits per heavy atom. The zero-order valence-corrected chi connectivity index (χ0v) is 11.6. The molecule has 21 heavy (non-hydrogen) atoms. The van der Waals surface area contributed by atoms with E-state index in [1.165, 1.54) is 12.5 Å². The molecule has 0 saturated heterocycles. The number of nitrogens with one attached hydrogen (secondary N) is 2. The number of amides is 1. The van der Waals surface area contributed by atoms with Crippen LogP contribution >= 0.6 is 0 Å². The van der Waals surface area contributed by atoms with Gasteiger partial charge in [-0.25, -0.2) is 9.97 Å². The topological polar surface area (TPSA) is 99.9 Å². The second-order valence-corrected chi connectivity index (χ2v) is 4.59. The molecule has 0 aliphatic rings. The van der Waals surface area contributed by atoms with Gasteiger partial charge in [-0.3, -0.25) is 4.79 Å². The number of nitrogens with zero attached hydrogens (tertiary/aromatic N) is 4. The number of carbonyl (C=O) groups is 1. The molecule has 3 aromatic heterocycles. The minimum Gasteiger partial charge on any atom is -0.361 e. The minimum absolute atomic E-state index is 0.236. The first kappa shape index (κ1) is 13.1. The Balaban J connectivity index is 1.72. The summed E-state index contributed by atoms with van der Waals surface area (Å²) >= 11 is 0. The largest absolute Gasteiger partial charge is 0.361 e. The highest BCUT2D eigenvalue weighted by atomic mass is 16.5. The van der Waals surface area contributed by atoms with Crippen molar-refractivity contribution in [1.29, 1.82) is 0 Å². The number of H-pyrrole nitrogens is 1. The number of rotatable bonds is 4. The lowest BCUT2D eigenvalue weighted by atomic mass is 10.2. The molecule has 108 valence electrons. The molecule has 2 N–H and O–H groups in total. The summed E-state index contributed by atoms with van der Waals surface area (Å²) in [4.78, 5) is 25.2. The van der Waals surface area contributed by atoms with Crippen LogP contribution in [0.1, 0.15) is 16.1 Å². The van der Waals surface area contributed by atoms with Crippen LogP contribution in [0, 0.1) is 6.92 Å². The van der Waals surface area contributed by atoms with E-state index in [1.54, 1.807) is 13.1 Å². The smallest absolute Gasteiger partial charge is 0.257 e. The monoisotopic (exact) mass is 286 g/mol. The van der Waals surface area contributed by atoms with E-state index in [0.717, 1.165) is 16.9 Å². The summed E-state index contributed by atoms with van der Waals surface area (Å²) in [6, 6.07) is 1.90. The van der Waals surface area contributed by atoms with Gasteiger partial charge in [-0.05, 0) is 13.0 Å². The van der Waals surface area contributed by atoms with E-state index in [1.807, 2.05) is 18.0 Å². The number of aromatic nitrogens is 4. The highest BCUT2D eigenvalue weighted by Crippen LogP contribution is 2.20. The standard InChI is InChI=1S/C13H14N6O2/c1-8-10(5-18-21-8)13(20)17-7-19(2)12-9-3-4-14-11(9)15-6-16-12/h3-6H,7H2,1-2H3,(H,17,20)(H,14,15,16). The van der Waals surface area contributed by atoms with Gasteiger partial charge in [0.25, 0.3) is 5.91 Å². The molecular weight excluding hydrogens is 272 g/mol. The Labute approximate surface area is 120 Å². The normalized spacial score (nSPS) is 10.8. The Hall–Kier alpha value is -2.90. The van der Waals surface area contributed by atoms with Crippen LogP contribution in [0.2, 0.25) is 0 Å². The molecule has 0 bridgehead atoms. The predicted octanol–water partition coefficient (Wildman–Crippen LogP) is 1.08. The van der Waals surface area contributed by atoms with Crippen molar-refractivity contribution in [2.24, 2.45) is 0 Å². The number of aryl methyl sites for hydroxylation is 1. The van der Waals surface area contributed by atoms with Crippen molar-refractivity contribution < 1.29 is 9.32 Å². The molecule has 0 aliphatic carbocycles. The van der Waals surface area contributed by atoms with Crippen LogP contribution in [-0.4, -0.2) is 39.7 Å². The highest BCUT2D eigenvalue weighted by Gasteiger charge is 2.14. The van der Waals surface area contributed by atoms with Gasteiger partial charge in [0.05, 0.1) is 18.3 Å². The summed E-state index contributed by atoms with van der Waals surface area (Å²) in [5.41, 5.74) is 1.19. The number of carbonyl (C=O) groups excluding carboxylic acids is 1. The van der Waals surface area contributed by atoms with Crippen molar-refractivity contribution in [2.45, 2.75) is 6.92 Å². The summed E-state index contributed by atoms with van der Waals surface area (Å²) in [7, 11) is 1.84. The van der Waals surface area contributed by atoms with Crippen LogP contribution in [0.5, 0.6) is 0 Å².